The summed E-state index contributed by atoms with van der Waals surface area (Å²) in [5.74, 6) is 0. The number of fused-ring (bicyclic) bond motifs is 16. The molecular formula is C68H41N3O2. The standard InChI is InChI=1S/C68H41N3O2/c1-5-13-59-49(9-1)53-34-42(20-27-61(53)70(59)47-25-31-67-57(38-47)51-11-3-7-15-65(51)72-67)44-22-29-63-55(36-44)56-37-45(23-30-64(56)69(63)46-24-19-40-17-18-41(40)33-46)43-21-28-62-54(35-43)50-10-2-6-14-60(50)71(62)48-26-32-68-58(39-48)52-12-4-8-16-66(52)73-68/h1-16,19-39H,17-18H2. The molecule has 0 saturated heterocycles. The number of aryl methyl sites for hydroxylation is 2. The van der Waals surface area contributed by atoms with E-state index in [0.29, 0.717) is 0 Å². The van der Waals surface area contributed by atoms with Crippen molar-refractivity contribution in [3.63, 3.8) is 0 Å². The van der Waals surface area contributed by atoms with Crippen LogP contribution in [0, 0.1) is 0 Å². The summed E-state index contributed by atoms with van der Waals surface area (Å²) >= 11 is 0. The highest BCUT2D eigenvalue weighted by Gasteiger charge is 2.21. The van der Waals surface area contributed by atoms with Crippen molar-refractivity contribution in [1.29, 1.82) is 0 Å². The van der Waals surface area contributed by atoms with E-state index < -0.39 is 0 Å². The minimum Gasteiger partial charge on any atom is -0.456 e. The summed E-state index contributed by atoms with van der Waals surface area (Å²) in [6, 6.07) is 82.5. The molecule has 16 aromatic rings. The van der Waals surface area contributed by atoms with Crippen molar-refractivity contribution < 1.29 is 8.83 Å². The summed E-state index contributed by atoms with van der Waals surface area (Å²) in [5.41, 5.74) is 21.9. The van der Waals surface area contributed by atoms with E-state index in [-0.39, 0.29) is 0 Å². The first-order valence-electron chi connectivity index (χ1n) is 25.3. The first kappa shape index (κ1) is 39.2. The van der Waals surface area contributed by atoms with Crippen molar-refractivity contribution in [2.24, 2.45) is 0 Å². The van der Waals surface area contributed by atoms with Crippen molar-refractivity contribution >= 4 is 109 Å². The van der Waals surface area contributed by atoms with Gasteiger partial charge in [-0.3, -0.25) is 0 Å². The number of furan rings is 2. The fourth-order valence-corrected chi connectivity index (χ4v) is 12.5. The molecule has 340 valence electrons. The molecule has 0 atom stereocenters. The van der Waals surface area contributed by atoms with Crippen molar-refractivity contribution in [2.45, 2.75) is 12.8 Å². The predicted molar refractivity (Wildman–Crippen MR) is 302 cm³/mol. The maximum absolute atomic E-state index is 6.24. The lowest BCUT2D eigenvalue weighted by molar-refractivity contribution is 0.668. The Hall–Kier alpha value is -9.58. The minimum absolute atomic E-state index is 0.900. The number of hydrogen-bond acceptors (Lipinski definition) is 2. The quantitative estimate of drug-likeness (QED) is 0.173. The molecule has 0 saturated carbocycles. The van der Waals surface area contributed by atoms with Crippen molar-refractivity contribution in [3.05, 3.63) is 236 Å². The number of benzene rings is 11. The molecule has 0 amide bonds. The molecule has 5 heterocycles. The second-order valence-electron chi connectivity index (χ2n) is 20.0. The molecule has 17 rings (SSSR count). The van der Waals surface area contributed by atoms with Gasteiger partial charge in [-0.25, -0.2) is 0 Å². The van der Waals surface area contributed by atoms with Gasteiger partial charge in [0.1, 0.15) is 22.3 Å². The highest BCUT2D eigenvalue weighted by molar-refractivity contribution is 6.16. The summed E-state index contributed by atoms with van der Waals surface area (Å²) in [6.07, 6.45) is 2.30. The summed E-state index contributed by atoms with van der Waals surface area (Å²) in [5, 5.41) is 11.9. The Morgan fingerprint density at radius 1 is 0.233 bits per heavy atom. The van der Waals surface area contributed by atoms with Crippen LogP contribution in [0.3, 0.4) is 0 Å². The lowest BCUT2D eigenvalue weighted by atomic mass is 9.88. The largest absolute Gasteiger partial charge is 0.456 e. The van der Waals surface area contributed by atoms with Gasteiger partial charge in [0.05, 0.1) is 33.1 Å². The number of nitrogens with zero attached hydrogens (tertiary/aromatic N) is 3. The van der Waals surface area contributed by atoms with Crippen LogP contribution < -0.4 is 0 Å². The molecular weight excluding hydrogens is 891 g/mol. The van der Waals surface area contributed by atoms with E-state index in [0.717, 1.165) is 68.1 Å². The smallest absolute Gasteiger partial charge is 0.135 e. The summed E-state index contributed by atoms with van der Waals surface area (Å²) in [6.45, 7) is 0. The summed E-state index contributed by atoms with van der Waals surface area (Å²) in [7, 11) is 0. The number of para-hydroxylation sites is 4. The molecule has 1 aliphatic carbocycles. The maximum atomic E-state index is 6.24. The van der Waals surface area contributed by atoms with Gasteiger partial charge >= 0.3 is 0 Å². The second kappa shape index (κ2) is 14.5. The van der Waals surface area contributed by atoms with E-state index in [1.165, 1.54) is 104 Å². The Kier molecular flexibility index (Phi) is 7.78. The minimum atomic E-state index is 0.900. The average molecular weight is 932 g/mol. The van der Waals surface area contributed by atoms with Gasteiger partial charge in [0, 0.05) is 70.9 Å². The summed E-state index contributed by atoms with van der Waals surface area (Å²) in [4.78, 5) is 0. The van der Waals surface area contributed by atoms with Crippen LogP contribution in [0.1, 0.15) is 11.1 Å². The van der Waals surface area contributed by atoms with Gasteiger partial charge in [0.2, 0.25) is 0 Å². The molecule has 1 aliphatic rings. The molecule has 0 spiro atoms. The van der Waals surface area contributed by atoms with Crippen LogP contribution >= 0.6 is 0 Å². The third kappa shape index (κ3) is 5.56. The van der Waals surface area contributed by atoms with Crippen molar-refractivity contribution in [3.8, 4) is 39.3 Å². The number of rotatable bonds is 5. The van der Waals surface area contributed by atoms with E-state index >= 15 is 0 Å². The first-order chi connectivity index (χ1) is 36.1. The third-order valence-corrected chi connectivity index (χ3v) is 16.1. The highest BCUT2D eigenvalue weighted by atomic mass is 16.3. The maximum Gasteiger partial charge on any atom is 0.135 e. The van der Waals surface area contributed by atoms with Gasteiger partial charge in [-0.15, -0.1) is 0 Å². The highest BCUT2D eigenvalue weighted by Crippen LogP contribution is 2.43. The molecule has 0 bridgehead atoms. The number of hydrogen-bond donors (Lipinski definition) is 0. The molecule has 0 radical (unpaired) electrons. The van der Waals surface area contributed by atoms with E-state index in [1.54, 1.807) is 0 Å². The molecule has 0 fully saturated rings. The normalized spacial score (nSPS) is 12.8. The van der Waals surface area contributed by atoms with Crippen molar-refractivity contribution in [2.75, 3.05) is 0 Å². The lowest BCUT2D eigenvalue weighted by Gasteiger charge is -2.20. The van der Waals surface area contributed by atoms with Gasteiger partial charge in [-0.1, -0.05) is 103 Å². The molecule has 0 N–H and O–H groups in total. The Labute approximate surface area is 417 Å². The SMILES string of the molecule is c1ccc2c(c1)oc1ccc(-n3c4ccccc4c4cc(-c5ccc6c(c5)c5cc(-c7ccc8c(c7)c7ccccc7n8-c7ccc8oc9ccccc9c8c7)ccc5n6-c5ccc6c(c5)CC6)ccc43)cc12. The van der Waals surface area contributed by atoms with Crippen LogP contribution in [0.25, 0.3) is 149 Å². The van der Waals surface area contributed by atoms with Gasteiger partial charge in [-0.05, 0) is 168 Å². The number of aromatic nitrogens is 3. The Morgan fingerprint density at radius 2 is 0.575 bits per heavy atom. The monoisotopic (exact) mass is 931 g/mol. The molecule has 5 aromatic heterocycles. The molecule has 5 nitrogen and oxygen atoms in total. The lowest BCUT2D eigenvalue weighted by Crippen LogP contribution is -2.09. The molecule has 73 heavy (non-hydrogen) atoms. The Balaban J connectivity index is 0.827. The molecule has 0 aliphatic heterocycles. The zero-order valence-corrected chi connectivity index (χ0v) is 39.4. The van der Waals surface area contributed by atoms with E-state index in [2.05, 4.69) is 214 Å². The molecule has 0 unspecified atom stereocenters. The molecule has 5 heteroatoms. The van der Waals surface area contributed by atoms with Gasteiger partial charge in [-0.2, -0.15) is 0 Å². The van der Waals surface area contributed by atoms with Gasteiger partial charge in [0.15, 0.2) is 0 Å². The Bertz CT molecular complexity index is 4760. The Morgan fingerprint density at radius 3 is 1.00 bits per heavy atom. The predicted octanol–water partition coefficient (Wildman–Crippen LogP) is 18.2. The van der Waals surface area contributed by atoms with Crippen molar-refractivity contribution in [1.82, 2.24) is 13.7 Å². The van der Waals surface area contributed by atoms with Gasteiger partial charge < -0.3 is 22.5 Å². The first-order valence-corrected chi connectivity index (χ1v) is 25.3. The fourth-order valence-electron chi connectivity index (χ4n) is 12.5. The second-order valence-corrected chi connectivity index (χ2v) is 20.0. The van der Waals surface area contributed by atoms with Crippen LogP contribution in [0.4, 0.5) is 0 Å². The van der Waals surface area contributed by atoms with Crippen LogP contribution in [-0.4, -0.2) is 13.7 Å². The van der Waals surface area contributed by atoms with Gasteiger partial charge in [0.25, 0.3) is 0 Å². The van der Waals surface area contributed by atoms with Crippen LogP contribution in [0.5, 0.6) is 0 Å². The van der Waals surface area contributed by atoms with E-state index in [1.807, 2.05) is 24.3 Å². The average Bonchev–Trinajstić information content (AvgIpc) is 4.24. The summed E-state index contributed by atoms with van der Waals surface area (Å²) < 4.78 is 19.8. The van der Waals surface area contributed by atoms with E-state index in [9.17, 15) is 0 Å². The zero-order chi connectivity index (χ0) is 47.5. The fraction of sp³-hybridized carbons (Fsp3) is 0.0294. The topological polar surface area (TPSA) is 41.1 Å². The zero-order valence-electron chi connectivity index (χ0n) is 39.4. The van der Waals surface area contributed by atoms with Crippen LogP contribution in [0.2, 0.25) is 0 Å². The van der Waals surface area contributed by atoms with Crippen LogP contribution in [-0.2, 0) is 12.8 Å². The third-order valence-electron chi connectivity index (χ3n) is 16.1. The molecule has 11 aromatic carbocycles. The van der Waals surface area contributed by atoms with E-state index in [4.69, 9.17) is 8.83 Å². The van der Waals surface area contributed by atoms with Crippen LogP contribution in [0.15, 0.2) is 233 Å².